The number of nitrogens with zero attached hydrogens (tertiary/aromatic N) is 1. The molecule has 0 unspecified atom stereocenters. The minimum Gasteiger partial charge on any atom is -0.508 e. The fourth-order valence-corrected chi connectivity index (χ4v) is 1.75. The summed E-state index contributed by atoms with van der Waals surface area (Å²) in [5, 5.41) is 31.1. The molecule has 0 heterocycles. The SMILES string of the molecule is COc1ccc(OCC(=NO)c2ccc(O)cc2O)cc1. The molecule has 0 fully saturated rings. The zero-order valence-corrected chi connectivity index (χ0v) is 11.4. The Balaban J connectivity index is 2.09. The van der Waals surface area contributed by atoms with E-state index in [-0.39, 0.29) is 29.4 Å². The summed E-state index contributed by atoms with van der Waals surface area (Å²) in [5.41, 5.74) is 0.423. The van der Waals surface area contributed by atoms with Crippen molar-refractivity contribution in [3.63, 3.8) is 0 Å². The van der Waals surface area contributed by atoms with Crippen LogP contribution in [-0.4, -0.2) is 34.8 Å². The average Bonchev–Trinajstić information content (AvgIpc) is 2.50. The molecule has 0 saturated carbocycles. The number of rotatable bonds is 5. The van der Waals surface area contributed by atoms with Gasteiger partial charge in [0, 0.05) is 11.6 Å². The van der Waals surface area contributed by atoms with Gasteiger partial charge in [-0.1, -0.05) is 5.16 Å². The third kappa shape index (κ3) is 3.56. The number of benzene rings is 2. The van der Waals surface area contributed by atoms with Gasteiger partial charge in [-0.05, 0) is 36.4 Å². The number of phenolic OH excluding ortho intramolecular Hbond substituents is 2. The molecule has 0 bridgehead atoms. The Morgan fingerprint density at radius 3 is 2.29 bits per heavy atom. The van der Waals surface area contributed by atoms with E-state index in [4.69, 9.17) is 14.7 Å². The first-order valence-corrected chi connectivity index (χ1v) is 6.14. The van der Waals surface area contributed by atoms with Gasteiger partial charge in [0.2, 0.25) is 0 Å². The predicted octanol–water partition coefficient (Wildman–Crippen LogP) is 2.36. The summed E-state index contributed by atoms with van der Waals surface area (Å²) in [7, 11) is 1.57. The van der Waals surface area contributed by atoms with Gasteiger partial charge in [0.25, 0.3) is 0 Å². The largest absolute Gasteiger partial charge is 0.508 e. The molecule has 0 aliphatic heterocycles. The van der Waals surface area contributed by atoms with Crippen LogP contribution in [0, 0.1) is 0 Å². The molecule has 0 spiro atoms. The van der Waals surface area contributed by atoms with Crippen LogP contribution in [0.1, 0.15) is 5.56 Å². The van der Waals surface area contributed by atoms with Crippen LogP contribution in [0.3, 0.4) is 0 Å². The zero-order chi connectivity index (χ0) is 15.2. The van der Waals surface area contributed by atoms with E-state index in [2.05, 4.69) is 5.16 Å². The van der Waals surface area contributed by atoms with Crippen LogP contribution in [0.4, 0.5) is 0 Å². The Morgan fingerprint density at radius 1 is 1.05 bits per heavy atom. The Bertz CT molecular complexity index is 637. The minimum atomic E-state index is -0.193. The third-order valence-corrected chi connectivity index (χ3v) is 2.85. The molecule has 0 atom stereocenters. The van der Waals surface area contributed by atoms with Gasteiger partial charge in [-0.2, -0.15) is 0 Å². The maximum atomic E-state index is 9.73. The maximum Gasteiger partial charge on any atom is 0.134 e. The lowest BCUT2D eigenvalue weighted by atomic mass is 10.1. The first kappa shape index (κ1) is 14.5. The van der Waals surface area contributed by atoms with Gasteiger partial charge in [0.15, 0.2) is 0 Å². The highest BCUT2D eigenvalue weighted by atomic mass is 16.5. The van der Waals surface area contributed by atoms with E-state index in [1.54, 1.807) is 31.4 Å². The van der Waals surface area contributed by atoms with Crippen molar-refractivity contribution < 1.29 is 24.9 Å². The number of hydrogen-bond donors (Lipinski definition) is 3. The van der Waals surface area contributed by atoms with Gasteiger partial charge in [-0.15, -0.1) is 0 Å². The van der Waals surface area contributed by atoms with Crippen molar-refractivity contribution in [2.24, 2.45) is 5.16 Å². The molecular formula is C15H15NO5. The van der Waals surface area contributed by atoms with Crippen molar-refractivity contribution in [1.29, 1.82) is 0 Å². The van der Waals surface area contributed by atoms with Gasteiger partial charge in [0.05, 0.1) is 7.11 Å². The van der Waals surface area contributed by atoms with Crippen LogP contribution in [0.15, 0.2) is 47.6 Å². The van der Waals surface area contributed by atoms with Crippen LogP contribution in [0.5, 0.6) is 23.0 Å². The second kappa shape index (κ2) is 6.51. The topological polar surface area (TPSA) is 91.5 Å². The van der Waals surface area contributed by atoms with Crippen LogP contribution in [-0.2, 0) is 0 Å². The number of hydrogen-bond acceptors (Lipinski definition) is 6. The van der Waals surface area contributed by atoms with E-state index in [1.807, 2.05) is 0 Å². The molecule has 6 heteroatoms. The van der Waals surface area contributed by atoms with Crippen molar-refractivity contribution >= 4 is 5.71 Å². The van der Waals surface area contributed by atoms with Gasteiger partial charge in [-0.3, -0.25) is 0 Å². The van der Waals surface area contributed by atoms with Crippen molar-refractivity contribution in [2.45, 2.75) is 0 Å². The van der Waals surface area contributed by atoms with Gasteiger partial charge < -0.3 is 24.9 Å². The number of ether oxygens (including phenoxy) is 2. The van der Waals surface area contributed by atoms with Gasteiger partial charge in [-0.25, -0.2) is 0 Å². The minimum absolute atomic E-state index is 0.0405. The number of aromatic hydroxyl groups is 2. The summed E-state index contributed by atoms with van der Waals surface area (Å²) in [6, 6.07) is 10.9. The van der Waals surface area contributed by atoms with Crippen LogP contribution < -0.4 is 9.47 Å². The smallest absolute Gasteiger partial charge is 0.134 e. The number of oxime groups is 1. The molecular weight excluding hydrogens is 274 g/mol. The first-order chi connectivity index (χ1) is 10.1. The van der Waals surface area contributed by atoms with Gasteiger partial charge >= 0.3 is 0 Å². The molecule has 110 valence electrons. The second-order valence-corrected chi connectivity index (χ2v) is 4.21. The van der Waals surface area contributed by atoms with Crippen LogP contribution in [0.25, 0.3) is 0 Å². The second-order valence-electron chi connectivity index (χ2n) is 4.21. The van der Waals surface area contributed by atoms with Crippen molar-refractivity contribution in [3.8, 4) is 23.0 Å². The van der Waals surface area contributed by atoms with E-state index < -0.39 is 0 Å². The third-order valence-electron chi connectivity index (χ3n) is 2.85. The molecule has 0 aliphatic rings. The van der Waals surface area contributed by atoms with E-state index >= 15 is 0 Å². The lowest BCUT2D eigenvalue weighted by Gasteiger charge is -2.10. The van der Waals surface area contributed by atoms with Crippen molar-refractivity contribution in [2.75, 3.05) is 13.7 Å². The van der Waals surface area contributed by atoms with Crippen molar-refractivity contribution in [1.82, 2.24) is 0 Å². The Morgan fingerprint density at radius 2 is 1.71 bits per heavy atom. The standard InChI is InChI=1S/C15H15NO5/c1-20-11-3-5-12(6-4-11)21-9-14(16-19)13-7-2-10(17)8-15(13)18/h2-8,17-19H,9H2,1H3. The molecule has 21 heavy (non-hydrogen) atoms. The van der Waals surface area contributed by atoms with Crippen LogP contribution >= 0.6 is 0 Å². The van der Waals surface area contributed by atoms with Gasteiger partial charge in [0.1, 0.15) is 35.3 Å². The molecule has 2 aromatic rings. The summed E-state index contributed by atoms with van der Waals surface area (Å²) in [6.45, 7) is -0.0405. The maximum absolute atomic E-state index is 9.73. The Kier molecular flexibility index (Phi) is 4.50. The molecule has 3 N–H and O–H groups in total. The lowest BCUT2D eigenvalue weighted by molar-refractivity contribution is 0.307. The van der Waals surface area contributed by atoms with Crippen molar-refractivity contribution in [3.05, 3.63) is 48.0 Å². The fourth-order valence-electron chi connectivity index (χ4n) is 1.75. The summed E-state index contributed by atoms with van der Waals surface area (Å²) in [6.07, 6.45) is 0. The highest BCUT2D eigenvalue weighted by Crippen LogP contribution is 2.24. The summed E-state index contributed by atoms with van der Waals surface area (Å²) >= 11 is 0. The Labute approximate surface area is 121 Å². The zero-order valence-electron chi connectivity index (χ0n) is 11.4. The molecule has 0 aliphatic carbocycles. The lowest BCUT2D eigenvalue weighted by Crippen LogP contribution is -2.13. The van der Waals surface area contributed by atoms with E-state index in [0.717, 1.165) is 6.07 Å². The highest BCUT2D eigenvalue weighted by Gasteiger charge is 2.11. The molecule has 6 nitrogen and oxygen atoms in total. The van der Waals surface area contributed by atoms with Crippen LogP contribution in [0.2, 0.25) is 0 Å². The number of phenols is 2. The average molecular weight is 289 g/mol. The fraction of sp³-hybridized carbons (Fsp3) is 0.133. The highest BCUT2D eigenvalue weighted by molar-refractivity contribution is 6.03. The molecule has 0 aromatic heterocycles. The number of methoxy groups -OCH3 is 1. The summed E-state index contributed by atoms with van der Waals surface area (Å²) in [4.78, 5) is 0. The molecule has 2 rings (SSSR count). The van der Waals surface area contributed by atoms with E-state index in [0.29, 0.717) is 11.5 Å². The quantitative estimate of drug-likeness (QED) is 0.446. The molecule has 0 amide bonds. The summed E-state index contributed by atoms with van der Waals surface area (Å²) < 4.78 is 10.5. The normalized spacial score (nSPS) is 11.2. The molecule has 2 aromatic carbocycles. The van der Waals surface area contributed by atoms with E-state index in [9.17, 15) is 10.2 Å². The first-order valence-electron chi connectivity index (χ1n) is 6.14. The monoisotopic (exact) mass is 289 g/mol. The molecule has 0 saturated heterocycles. The summed E-state index contributed by atoms with van der Waals surface area (Å²) in [5.74, 6) is 0.996. The molecule has 0 radical (unpaired) electrons. The Hall–Kier alpha value is -2.89. The van der Waals surface area contributed by atoms with E-state index in [1.165, 1.54) is 12.1 Å². The predicted molar refractivity (Wildman–Crippen MR) is 76.6 cm³/mol.